The fraction of sp³-hybridized carbons (Fsp3) is 0.706. The van der Waals surface area contributed by atoms with Gasteiger partial charge in [-0.1, -0.05) is 0 Å². The van der Waals surface area contributed by atoms with Crippen molar-refractivity contribution in [3.63, 3.8) is 0 Å². The van der Waals surface area contributed by atoms with Crippen LogP contribution in [0.1, 0.15) is 49.8 Å². The quantitative estimate of drug-likeness (QED) is 0.830. The molecule has 2 heterocycles. The van der Waals surface area contributed by atoms with Crippen LogP contribution in [-0.2, 0) is 11.8 Å². The summed E-state index contributed by atoms with van der Waals surface area (Å²) in [6.07, 6.45) is 1.20. The average molecular weight is 336 g/mol. The maximum absolute atomic E-state index is 12.6. The summed E-state index contributed by atoms with van der Waals surface area (Å²) in [4.78, 5) is 28.1. The number of aryl methyl sites for hydroxylation is 2. The van der Waals surface area contributed by atoms with E-state index in [1.54, 1.807) is 27.6 Å². The van der Waals surface area contributed by atoms with Gasteiger partial charge in [0.2, 0.25) is 0 Å². The van der Waals surface area contributed by atoms with Crippen molar-refractivity contribution >= 4 is 12.0 Å². The van der Waals surface area contributed by atoms with Crippen molar-refractivity contribution in [2.24, 2.45) is 7.05 Å². The number of ether oxygens (including phenoxy) is 1. The molecule has 1 aromatic rings. The van der Waals surface area contributed by atoms with E-state index in [1.165, 1.54) is 0 Å². The number of carbonyl (C=O) groups excluding carboxylic acids is 2. The van der Waals surface area contributed by atoms with Crippen molar-refractivity contribution in [3.8, 4) is 0 Å². The van der Waals surface area contributed by atoms with Crippen molar-refractivity contribution in [1.29, 1.82) is 0 Å². The number of hydrogen-bond donors (Lipinski definition) is 0. The Morgan fingerprint density at radius 1 is 1.29 bits per heavy atom. The highest BCUT2D eigenvalue weighted by Crippen LogP contribution is 2.19. The van der Waals surface area contributed by atoms with Gasteiger partial charge in [0, 0.05) is 38.9 Å². The van der Waals surface area contributed by atoms with Crippen LogP contribution >= 0.6 is 0 Å². The molecule has 7 nitrogen and oxygen atoms in total. The Kier molecular flexibility index (Phi) is 5.20. The number of likely N-dealkylation sites (tertiary alicyclic amines) is 1. The number of nitrogens with zero attached hydrogens (tertiary/aromatic N) is 4. The Bertz CT molecular complexity index is 590. The van der Waals surface area contributed by atoms with E-state index in [-0.39, 0.29) is 18.0 Å². The zero-order chi connectivity index (χ0) is 18.1. The van der Waals surface area contributed by atoms with E-state index in [0.717, 1.165) is 18.5 Å². The number of hydrogen-bond acceptors (Lipinski definition) is 4. The van der Waals surface area contributed by atoms with Crippen molar-refractivity contribution in [2.45, 2.75) is 52.2 Å². The molecular weight excluding hydrogens is 308 g/mol. The van der Waals surface area contributed by atoms with Gasteiger partial charge in [0.1, 0.15) is 5.60 Å². The lowest BCUT2D eigenvalue weighted by Crippen LogP contribution is -2.48. The molecule has 0 saturated carbocycles. The summed E-state index contributed by atoms with van der Waals surface area (Å²) in [6, 6.07) is 1.91. The van der Waals surface area contributed by atoms with Crippen LogP contribution in [-0.4, -0.2) is 63.4 Å². The van der Waals surface area contributed by atoms with E-state index in [1.807, 2.05) is 34.7 Å². The van der Waals surface area contributed by atoms with Gasteiger partial charge in [-0.15, -0.1) is 0 Å². The summed E-state index contributed by atoms with van der Waals surface area (Å²) in [5, 5.41) is 4.25. The Morgan fingerprint density at radius 2 is 1.88 bits per heavy atom. The third kappa shape index (κ3) is 4.27. The van der Waals surface area contributed by atoms with Crippen molar-refractivity contribution in [3.05, 3.63) is 17.5 Å². The van der Waals surface area contributed by atoms with Crippen LogP contribution in [0.15, 0.2) is 6.07 Å². The maximum atomic E-state index is 12.6. The van der Waals surface area contributed by atoms with Crippen LogP contribution in [0.25, 0.3) is 0 Å². The second-order valence-corrected chi connectivity index (χ2v) is 7.41. The molecule has 0 spiro atoms. The molecule has 1 saturated heterocycles. The molecular formula is C17H28N4O3. The third-order valence-electron chi connectivity index (χ3n) is 4.32. The van der Waals surface area contributed by atoms with E-state index >= 15 is 0 Å². The van der Waals surface area contributed by atoms with E-state index < -0.39 is 5.60 Å². The van der Waals surface area contributed by atoms with Crippen LogP contribution in [0, 0.1) is 6.92 Å². The molecule has 0 aliphatic carbocycles. The predicted molar refractivity (Wildman–Crippen MR) is 90.9 cm³/mol. The molecule has 2 amide bonds. The van der Waals surface area contributed by atoms with Crippen LogP contribution < -0.4 is 0 Å². The molecule has 1 aromatic heterocycles. The highest BCUT2D eigenvalue weighted by molar-refractivity contribution is 5.92. The standard InChI is InChI=1S/C17H28N4O3/c1-12-11-14(18-20(12)6)15(22)19(5)13-7-9-21(10-8-13)16(23)24-17(2,3)4/h11,13H,7-10H2,1-6H3. The molecule has 134 valence electrons. The number of carbonyl (C=O) groups is 2. The molecule has 0 atom stereocenters. The Balaban J connectivity index is 1.91. The molecule has 1 aliphatic heterocycles. The Hall–Kier alpha value is -2.05. The van der Waals surface area contributed by atoms with Gasteiger partial charge in [0.05, 0.1) is 0 Å². The van der Waals surface area contributed by atoms with Gasteiger partial charge in [-0.05, 0) is 46.6 Å². The monoisotopic (exact) mass is 336 g/mol. The van der Waals surface area contributed by atoms with E-state index in [0.29, 0.717) is 18.8 Å². The van der Waals surface area contributed by atoms with E-state index in [9.17, 15) is 9.59 Å². The molecule has 0 unspecified atom stereocenters. The first kappa shape index (κ1) is 18.3. The molecule has 24 heavy (non-hydrogen) atoms. The largest absolute Gasteiger partial charge is 0.444 e. The summed E-state index contributed by atoms with van der Waals surface area (Å²) in [6.45, 7) is 8.69. The van der Waals surface area contributed by atoms with Crippen LogP contribution in [0.3, 0.4) is 0 Å². The van der Waals surface area contributed by atoms with Gasteiger partial charge in [-0.2, -0.15) is 5.10 Å². The topological polar surface area (TPSA) is 67.7 Å². The van der Waals surface area contributed by atoms with Crippen LogP contribution in [0.2, 0.25) is 0 Å². The lowest BCUT2D eigenvalue weighted by atomic mass is 10.0. The van der Waals surface area contributed by atoms with Gasteiger partial charge < -0.3 is 14.5 Å². The second kappa shape index (κ2) is 6.83. The molecule has 1 aliphatic rings. The molecule has 0 radical (unpaired) electrons. The highest BCUT2D eigenvalue weighted by Gasteiger charge is 2.30. The molecule has 2 rings (SSSR count). The molecule has 0 bridgehead atoms. The first-order valence-corrected chi connectivity index (χ1v) is 8.34. The lowest BCUT2D eigenvalue weighted by Gasteiger charge is -2.37. The van der Waals surface area contributed by atoms with Crippen molar-refractivity contribution in [2.75, 3.05) is 20.1 Å². The number of rotatable bonds is 2. The zero-order valence-electron chi connectivity index (χ0n) is 15.5. The number of amides is 2. The van der Waals surface area contributed by atoms with Gasteiger partial charge in [-0.3, -0.25) is 9.48 Å². The van der Waals surface area contributed by atoms with Gasteiger partial charge in [0.15, 0.2) is 5.69 Å². The molecule has 1 fully saturated rings. The van der Waals surface area contributed by atoms with Crippen molar-refractivity contribution in [1.82, 2.24) is 19.6 Å². The first-order chi connectivity index (χ1) is 11.1. The smallest absolute Gasteiger partial charge is 0.410 e. The Labute approximate surface area is 143 Å². The highest BCUT2D eigenvalue weighted by atomic mass is 16.6. The minimum absolute atomic E-state index is 0.0746. The van der Waals surface area contributed by atoms with Crippen LogP contribution in [0.4, 0.5) is 4.79 Å². The SMILES string of the molecule is Cc1cc(C(=O)N(C)C2CCN(C(=O)OC(C)(C)C)CC2)nn1C. The molecule has 0 aromatic carbocycles. The average Bonchev–Trinajstić information content (AvgIpc) is 2.83. The fourth-order valence-corrected chi connectivity index (χ4v) is 2.77. The maximum Gasteiger partial charge on any atom is 0.410 e. The minimum atomic E-state index is -0.489. The van der Waals surface area contributed by atoms with E-state index in [4.69, 9.17) is 4.74 Å². The molecule has 7 heteroatoms. The van der Waals surface area contributed by atoms with Crippen molar-refractivity contribution < 1.29 is 14.3 Å². The summed E-state index contributed by atoms with van der Waals surface area (Å²) in [5.41, 5.74) is 0.927. The zero-order valence-corrected chi connectivity index (χ0v) is 15.5. The number of aromatic nitrogens is 2. The lowest BCUT2D eigenvalue weighted by molar-refractivity contribution is 0.0159. The third-order valence-corrected chi connectivity index (χ3v) is 4.32. The number of piperidine rings is 1. The normalized spacial score (nSPS) is 16.2. The predicted octanol–water partition coefficient (Wildman–Crippen LogP) is 2.20. The summed E-state index contributed by atoms with van der Waals surface area (Å²) < 4.78 is 7.10. The summed E-state index contributed by atoms with van der Waals surface area (Å²) in [5.74, 6) is -0.0746. The first-order valence-electron chi connectivity index (χ1n) is 8.34. The summed E-state index contributed by atoms with van der Waals surface area (Å²) in [7, 11) is 3.63. The van der Waals surface area contributed by atoms with Gasteiger partial charge >= 0.3 is 6.09 Å². The van der Waals surface area contributed by atoms with E-state index in [2.05, 4.69) is 5.10 Å². The van der Waals surface area contributed by atoms with Gasteiger partial charge in [-0.25, -0.2) is 4.79 Å². The Morgan fingerprint density at radius 3 is 2.33 bits per heavy atom. The minimum Gasteiger partial charge on any atom is -0.444 e. The molecule has 0 N–H and O–H groups in total. The van der Waals surface area contributed by atoms with Crippen LogP contribution in [0.5, 0.6) is 0 Å². The van der Waals surface area contributed by atoms with Gasteiger partial charge in [0.25, 0.3) is 5.91 Å². The summed E-state index contributed by atoms with van der Waals surface area (Å²) >= 11 is 0. The second-order valence-electron chi connectivity index (χ2n) is 7.41. The fourth-order valence-electron chi connectivity index (χ4n) is 2.77.